The van der Waals surface area contributed by atoms with Crippen molar-refractivity contribution in [1.29, 1.82) is 0 Å². The zero-order valence-corrected chi connectivity index (χ0v) is 8.98. The highest BCUT2D eigenvalue weighted by Crippen LogP contribution is 2.07. The van der Waals surface area contributed by atoms with Crippen LogP contribution in [0, 0.1) is 0 Å². The third kappa shape index (κ3) is 4.37. The fraction of sp³-hybridized carbons (Fsp3) is 0.455. The summed E-state index contributed by atoms with van der Waals surface area (Å²) in [7, 11) is 3.83. The van der Waals surface area contributed by atoms with E-state index in [0.29, 0.717) is 12.1 Å². The molecule has 0 aromatic carbocycles. The number of nitrogens with zero attached hydrogens (tertiary/aromatic N) is 1. The highest BCUT2D eigenvalue weighted by Gasteiger charge is 2.17. The molecule has 0 unspecified atom stereocenters. The van der Waals surface area contributed by atoms with E-state index in [9.17, 15) is 5.11 Å². The van der Waals surface area contributed by atoms with Gasteiger partial charge in [0.1, 0.15) is 0 Å². The lowest BCUT2D eigenvalue weighted by Gasteiger charge is -2.22. The minimum Gasteiger partial charge on any atom is -0.387 e. The van der Waals surface area contributed by atoms with Crippen LogP contribution in [0.15, 0.2) is 37.0 Å². The van der Waals surface area contributed by atoms with Crippen molar-refractivity contribution >= 4 is 0 Å². The summed E-state index contributed by atoms with van der Waals surface area (Å²) in [4.78, 5) is 1.93. The molecule has 0 spiro atoms. The number of likely N-dealkylation sites (N-methyl/N-ethyl adjacent to an activating group) is 1. The molecule has 3 N–H and O–H groups in total. The molecular weight excluding hydrogens is 176 g/mol. The van der Waals surface area contributed by atoms with E-state index >= 15 is 0 Å². The number of nitrogens with two attached hydrogens (primary N) is 1. The van der Waals surface area contributed by atoms with Crippen molar-refractivity contribution in [3.05, 3.63) is 37.0 Å². The highest BCUT2D eigenvalue weighted by atomic mass is 16.3. The third-order valence-corrected chi connectivity index (χ3v) is 1.87. The van der Waals surface area contributed by atoms with Crippen molar-refractivity contribution in [2.75, 3.05) is 20.6 Å². The molecule has 0 aromatic heterocycles. The number of aliphatic hydroxyl groups is 1. The smallest absolute Gasteiger partial charge is 0.0953 e. The van der Waals surface area contributed by atoms with E-state index in [1.54, 1.807) is 18.2 Å². The number of rotatable bonds is 6. The number of aliphatic hydroxyl groups excluding tert-OH is 1. The van der Waals surface area contributed by atoms with Crippen molar-refractivity contribution in [1.82, 2.24) is 4.90 Å². The first-order valence-electron chi connectivity index (χ1n) is 4.56. The summed E-state index contributed by atoms with van der Waals surface area (Å²) in [6.45, 7) is 7.81. The molecule has 0 amide bonds. The SMILES string of the molecule is C=C/C=C(\C=C)[C@@H](O)[C@H](N)CN(C)C. The second-order valence-corrected chi connectivity index (χ2v) is 3.48. The maximum absolute atomic E-state index is 9.82. The van der Waals surface area contributed by atoms with Crippen LogP contribution in [0.25, 0.3) is 0 Å². The van der Waals surface area contributed by atoms with Gasteiger partial charge < -0.3 is 15.7 Å². The van der Waals surface area contributed by atoms with Crippen LogP contribution in [0.2, 0.25) is 0 Å². The van der Waals surface area contributed by atoms with Gasteiger partial charge in [-0.05, 0) is 19.7 Å². The molecule has 0 radical (unpaired) electrons. The van der Waals surface area contributed by atoms with Gasteiger partial charge in [0.15, 0.2) is 0 Å². The van der Waals surface area contributed by atoms with E-state index in [4.69, 9.17) is 5.73 Å². The molecule has 0 aliphatic heterocycles. The molecule has 0 aromatic rings. The molecule has 0 saturated heterocycles. The first-order valence-corrected chi connectivity index (χ1v) is 4.56. The van der Waals surface area contributed by atoms with Gasteiger partial charge in [-0.25, -0.2) is 0 Å². The molecule has 0 heterocycles. The average Bonchev–Trinajstić information content (AvgIpc) is 2.12. The van der Waals surface area contributed by atoms with Crippen molar-refractivity contribution in [3.8, 4) is 0 Å². The van der Waals surface area contributed by atoms with Crippen molar-refractivity contribution in [3.63, 3.8) is 0 Å². The lowest BCUT2D eigenvalue weighted by atomic mass is 10.0. The van der Waals surface area contributed by atoms with E-state index in [1.165, 1.54) is 0 Å². The molecular formula is C11H20N2O. The minimum atomic E-state index is -0.687. The van der Waals surface area contributed by atoms with Crippen LogP contribution < -0.4 is 5.73 Å². The molecule has 3 heteroatoms. The summed E-state index contributed by atoms with van der Waals surface area (Å²) in [6, 6.07) is -0.311. The van der Waals surface area contributed by atoms with Crippen LogP contribution in [0.5, 0.6) is 0 Å². The van der Waals surface area contributed by atoms with E-state index in [-0.39, 0.29) is 6.04 Å². The summed E-state index contributed by atoms with van der Waals surface area (Å²) in [5.74, 6) is 0. The van der Waals surface area contributed by atoms with Crippen LogP contribution in [0.4, 0.5) is 0 Å². The Bertz CT molecular complexity index is 221. The molecule has 0 aliphatic rings. The van der Waals surface area contributed by atoms with Crippen molar-refractivity contribution < 1.29 is 5.11 Å². The molecule has 0 saturated carbocycles. The predicted octanol–water partition coefficient (Wildman–Crippen LogP) is 0.535. The summed E-state index contributed by atoms with van der Waals surface area (Å²) in [5, 5.41) is 9.82. The summed E-state index contributed by atoms with van der Waals surface area (Å²) < 4.78 is 0. The zero-order chi connectivity index (χ0) is 11.1. The standard InChI is InChI=1S/C11H20N2O/c1-5-7-9(6-2)11(14)10(12)8-13(3)4/h5-7,10-11,14H,1-2,8,12H2,3-4H3/b9-7+/t10-,11-/m1/s1. The largest absolute Gasteiger partial charge is 0.387 e. The molecule has 80 valence electrons. The van der Waals surface area contributed by atoms with Gasteiger partial charge in [-0.1, -0.05) is 31.4 Å². The number of hydrogen-bond acceptors (Lipinski definition) is 3. The van der Waals surface area contributed by atoms with Crippen LogP contribution >= 0.6 is 0 Å². The van der Waals surface area contributed by atoms with Gasteiger partial charge in [-0.3, -0.25) is 0 Å². The maximum Gasteiger partial charge on any atom is 0.0953 e. The Balaban J connectivity index is 4.41. The topological polar surface area (TPSA) is 49.5 Å². The second-order valence-electron chi connectivity index (χ2n) is 3.48. The molecule has 0 rings (SSSR count). The number of hydrogen-bond donors (Lipinski definition) is 2. The Morgan fingerprint density at radius 2 is 2.07 bits per heavy atom. The van der Waals surface area contributed by atoms with Crippen LogP contribution in [0.1, 0.15) is 0 Å². The molecule has 2 atom stereocenters. The molecule has 3 nitrogen and oxygen atoms in total. The van der Waals surface area contributed by atoms with Crippen LogP contribution in [0.3, 0.4) is 0 Å². The lowest BCUT2D eigenvalue weighted by Crippen LogP contribution is -2.43. The zero-order valence-electron chi connectivity index (χ0n) is 8.98. The van der Waals surface area contributed by atoms with Crippen molar-refractivity contribution in [2.45, 2.75) is 12.1 Å². The summed E-state index contributed by atoms with van der Waals surface area (Å²) in [6.07, 6.45) is 4.24. The van der Waals surface area contributed by atoms with E-state index in [2.05, 4.69) is 13.2 Å². The van der Waals surface area contributed by atoms with Gasteiger partial charge in [0.05, 0.1) is 6.10 Å². The normalized spacial score (nSPS) is 16.5. The van der Waals surface area contributed by atoms with Gasteiger partial charge in [-0.2, -0.15) is 0 Å². The highest BCUT2D eigenvalue weighted by molar-refractivity contribution is 5.26. The Morgan fingerprint density at radius 3 is 2.43 bits per heavy atom. The summed E-state index contributed by atoms with van der Waals surface area (Å²) >= 11 is 0. The Labute approximate surface area is 86.2 Å². The Kier molecular flexibility index (Phi) is 6.12. The molecule has 0 bridgehead atoms. The first kappa shape index (κ1) is 13.1. The second kappa shape index (κ2) is 6.54. The maximum atomic E-state index is 9.82. The fourth-order valence-electron chi connectivity index (χ4n) is 1.19. The summed E-state index contributed by atoms with van der Waals surface area (Å²) in [5.41, 5.74) is 6.51. The average molecular weight is 196 g/mol. The van der Waals surface area contributed by atoms with E-state index < -0.39 is 6.10 Å². The third-order valence-electron chi connectivity index (χ3n) is 1.87. The van der Waals surface area contributed by atoms with E-state index in [1.807, 2.05) is 19.0 Å². The van der Waals surface area contributed by atoms with Crippen LogP contribution in [-0.2, 0) is 0 Å². The first-order chi connectivity index (χ1) is 6.52. The Hall–Kier alpha value is -0.900. The Morgan fingerprint density at radius 1 is 1.50 bits per heavy atom. The predicted molar refractivity (Wildman–Crippen MR) is 61.0 cm³/mol. The van der Waals surface area contributed by atoms with Crippen LogP contribution in [-0.4, -0.2) is 42.8 Å². The quantitative estimate of drug-likeness (QED) is 0.609. The van der Waals surface area contributed by atoms with Gasteiger partial charge in [0, 0.05) is 12.6 Å². The lowest BCUT2D eigenvalue weighted by molar-refractivity contribution is 0.164. The fourth-order valence-corrected chi connectivity index (χ4v) is 1.19. The van der Waals surface area contributed by atoms with Gasteiger partial charge >= 0.3 is 0 Å². The number of allylic oxidation sites excluding steroid dienone is 2. The molecule has 0 fully saturated rings. The van der Waals surface area contributed by atoms with Gasteiger partial charge in [0.2, 0.25) is 0 Å². The van der Waals surface area contributed by atoms with Crippen molar-refractivity contribution in [2.24, 2.45) is 5.73 Å². The minimum absolute atomic E-state index is 0.311. The molecule has 0 aliphatic carbocycles. The monoisotopic (exact) mass is 196 g/mol. The molecule has 14 heavy (non-hydrogen) atoms. The van der Waals surface area contributed by atoms with E-state index in [0.717, 1.165) is 0 Å². The van der Waals surface area contributed by atoms with Gasteiger partial charge in [0.25, 0.3) is 0 Å². The van der Waals surface area contributed by atoms with Gasteiger partial charge in [-0.15, -0.1) is 0 Å².